The first-order chi connectivity index (χ1) is 33.5. The fourth-order valence-electron chi connectivity index (χ4n) is 8.17. The summed E-state index contributed by atoms with van der Waals surface area (Å²) >= 11 is 0. The third kappa shape index (κ3) is 53.6. The molecule has 9 heteroatoms. The van der Waals surface area contributed by atoms with Gasteiger partial charge in [0.25, 0.3) is 0 Å². The Labute approximate surface area is 427 Å². The molecule has 0 saturated carbocycles. The number of rotatable bonds is 52. The number of carbonyl (C=O) groups is 1. The Bertz CT molecular complexity index is 1350. The SMILES string of the molecule is CC/C=C\C/C=C\C/C=C\C/C=C\CCCCCCCCCCCCCCCCCCCCC(=O)NC(COP(=O)(O)OCC[N+](C)(C)C)C(O)/C=C/CC/C=C/CCCCCCCCCCCC. The Hall–Kier alpha value is -2.06. The van der Waals surface area contributed by atoms with Crippen LogP contribution in [0.25, 0.3) is 0 Å². The highest BCUT2D eigenvalue weighted by molar-refractivity contribution is 7.47. The van der Waals surface area contributed by atoms with Gasteiger partial charge in [0, 0.05) is 6.42 Å². The van der Waals surface area contributed by atoms with E-state index in [-0.39, 0.29) is 19.1 Å². The molecular formula is C60H112N2O6P+. The molecule has 0 bridgehead atoms. The van der Waals surface area contributed by atoms with Crippen LogP contribution < -0.4 is 5.32 Å². The lowest BCUT2D eigenvalue weighted by molar-refractivity contribution is -0.870. The van der Waals surface area contributed by atoms with E-state index in [1.807, 2.05) is 27.2 Å². The van der Waals surface area contributed by atoms with Crippen molar-refractivity contribution in [2.45, 2.75) is 264 Å². The lowest BCUT2D eigenvalue weighted by Gasteiger charge is -2.25. The van der Waals surface area contributed by atoms with Gasteiger partial charge in [-0.15, -0.1) is 0 Å². The van der Waals surface area contributed by atoms with E-state index in [0.717, 1.165) is 64.2 Å². The third-order valence-corrected chi connectivity index (χ3v) is 13.6. The molecule has 0 rings (SSSR count). The Kier molecular flexibility index (Phi) is 49.3. The number of hydrogen-bond acceptors (Lipinski definition) is 5. The molecule has 0 saturated heterocycles. The second kappa shape index (κ2) is 50.9. The lowest BCUT2D eigenvalue weighted by atomic mass is 10.0. The van der Waals surface area contributed by atoms with Crippen molar-refractivity contribution in [1.29, 1.82) is 0 Å². The van der Waals surface area contributed by atoms with Crippen molar-refractivity contribution < 1.29 is 32.9 Å². The molecule has 0 aliphatic heterocycles. The minimum atomic E-state index is -4.35. The molecule has 0 fully saturated rings. The zero-order chi connectivity index (χ0) is 50.6. The maximum Gasteiger partial charge on any atom is 0.472 e. The van der Waals surface area contributed by atoms with Crippen LogP contribution in [0.5, 0.6) is 0 Å². The molecule has 8 nitrogen and oxygen atoms in total. The summed E-state index contributed by atoms with van der Waals surface area (Å²) in [6.45, 7) is 4.69. The molecule has 0 spiro atoms. The Morgan fingerprint density at radius 3 is 1.33 bits per heavy atom. The molecule has 0 heterocycles. The molecule has 0 aromatic heterocycles. The summed E-state index contributed by atoms with van der Waals surface area (Å²) in [7, 11) is 1.56. The lowest BCUT2D eigenvalue weighted by Crippen LogP contribution is -2.45. The van der Waals surface area contributed by atoms with Gasteiger partial charge in [0.2, 0.25) is 5.91 Å². The first-order valence-electron chi connectivity index (χ1n) is 28.8. The van der Waals surface area contributed by atoms with Gasteiger partial charge in [-0.25, -0.2) is 4.57 Å². The van der Waals surface area contributed by atoms with Crippen LogP contribution in [0.4, 0.5) is 0 Å². The number of likely N-dealkylation sites (N-methyl/N-ethyl adjacent to an activating group) is 1. The molecule has 0 aliphatic carbocycles. The number of aliphatic hydroxyl groups excluding tert-OH is 1. The van der Waals surface area contributed by atoms with Gasteiger partial charge < -0.3 is 19.8 Å². The van der Waals surface area contributed by atoms with Gasteiger partial charge in [0.15, 0.2) is 0 Å². The van der Waals surface area contributed by atoms with Crippen molar-refractivity contribution in [3.8, 4) is 0 Å². The number of aliphatic hydroxyl groups is 1. The van der Waals surface area contributed by atoms with Gasteiger partial charge in [-0.3, -0.25) is 13.8 Å². The molecule has 0 aromatic rings. The van der Waals surface area contributed by atoms with Crippen LogP contribution in [0.15, 0.2) is 72.9 Å². The van der Waals surface area contributed by atoms with Crippen molar-refractivity contribution in [1.82, 2.24) is 5.32 Å². The van der Waals surface area contributed by atoms with Crippen LogP contribution in [0.3, 0.4) is 0 Å². The molecule has 0 aromatic carbocycles. The summed E-state index contributed by atoms with van der Waals surface area (Å²) in [6.07, 6.45) is 70.1. The summed E-state index contributed by atoms with van der Waals surface area (Å²) in [5.41, 5.74) is 0. The van der Waals surface area contributed by atoms with Crippen molar-refractivity contribution in [2.75, 3.05) is 40.9 Å². The van der Waals surface area contributed by atoms with E-state index in [1.165, 1.54) is 167 Å². The summed E-state index contributed by atoms with van der Waals surface area (Å²) in [6, 6.07) is -0.865. The molecule has 0 radical (unpaired) electrons. The molecule has 1 amide bonds. The van der Waals surface area contributed by atoms with Gasteiger partial charge in [0.05, 0.1) is 39.9 Å². The Morgan fingerprint density at radius 2 is 0.884 bits per heavy atom. The van der Waals surface area contributed by atoms with E-state index in [9.17, 15) is 19.4 Å². The van der Waals surface area contributed by atoms with Crippen molar-refractivity contribution in [2.24, 2.45) is 0 Å². The fraction of sp³-hybridized carbons (Fsp3) is 0.783. The van der Waals surface area contributed by atoms with E-state index >= 15 is 0 Å². The van der Waals surface area contributed by atoms with Gasteiger partial charge in [-0.1, -0.05) is 247 Å². The maximum absolute atomic E-state index is 13.0. The molecule has 3 atom stereocenters. The second-order valence-corrected chi connectivity index (χ2v) is 22.1. The van der Waals surface area contributed by atoms with E-state index in [2.05, 4.69) is 79.9 Å². The number of amides is 1. The number of nitrogens with zero attached hydrogens (tertiary/aromatic N) is 1. The standard InChI is InChI=1S/C60H111N2O6P/c1-6-8-10-12-14-16-18-20-22-24-25-26-27-28-29-30-31-32-33-34-35-36-37-38-40-42-44-46-48-50-52-54-60(64)61-58(57-68-69(65,66)67-56-55-62(3,4)5)59(63)53-51-49-47-45-43-41-39-23-21-19-17-15-13-11-9-7-2/h8,10,14,16,20,22,25-26,43,45,51,53,58-59,63H,6-7,9,11-13,15,17-19,21,23-24,27-42,44,46-50,52,54-57H2,1-5H3,(H-,61,64,65,66)/p+1/b10-8-,16-14-,22-20-,26-25-,45-43+,53-51+. The summed E-state index contributed by atoms with van der Waals surface area (Å²) in [4.78, 5) is 23.3. The van der Waals surface area contributed by atoms with Crippen LogP contribution in [0.2, 0.25) is 0 Å². The predicted molar refractivity (Wildman–Crippen MR) is 300 cm³/mol. The Morgan fingerprint density at radius 1 is 0.507 bits per heavy atom. The number of phosphoric acid groups is 1. The number of hydrogen-bond donors (Lipinski definition) is 3. The molecule has 0 aliphatic rings. The highest BCUT2D eigenvalue weighted by Crippen LogP contribution is 2.43. The number of phosphoric ester groups is 1. The minimum Gasteiger partial charge on any atom is -0.387 e. The zero-order valence-electron chi connectivity index (χ0n) is 45.8. The van der Waals surface area contributed by atoms with Gasteiger partial charge in [-0.05, 0) is 70.6 Å². The quantitative estimate of drug-likeness (QED) is 0.0243. The number of carbonyl (C=O) groups excluding carboxylic acids is 1. The van der Waals surface area contributed by atoms with E-state index in [4.69, 9.17) is 9.05 Å². The first kappa shape index (κ1) is 66.9. The number of quaternary nitrogens is 1. The Balaban J connectivity index is 4.12. The van der Waals surface area contributed by atoms with E-state index < -0.39 is 20.0 Å². The molecule has 402 valence electrons. The minimum absolute atomic E-state index is 0.0551. The second-order valence-electron chi connectivity index (χ2n) is 20.6. The number of allylic oxidation sites excluding steroid dienone is 11. The highest BCUT2D eigenvalue weighted by Gasteiger charge is 2.27. The average molecular weight is 989 g/mol. The number of nitrogens with one attached hydrogen (secondary N) is 1. The molecular weight excluding hydrogens is 876 g/mol. The van der Waals surface area contributed by atoms with Crippen LogP contribution in [-0.2, 0) is 18.4 Å². The van der Waals surface area contributed by atoms with Crippen LogP contribution >= 0.6 is 7.82 Å². The van der Waals surface area contributed by atoms with Gasteiger partial charge in [0.1, 0.15) is 13.2 Å². The van der Waals surface area contributed by atoms with Crippen molar-refractivity contribution in [3.05, 3.63) is 72.9 Å². The van der Waals surface area contributed by atoms with Gasteiger partial charge >= 0.3 is 7.82 Å². The average Bonchev–Trinajstić information content (AvgIpc) is 3.31. The molecule has 3 N–H and O–H groups in total. The van der Waals surface area contributed by atoms with Crippen LogP contribution in [-0.4, -0.2) is 73.4 Å². The fourth-order valence-corrected chi connectivity index (χ4v) is 8.90. The molecule has 69 heavy (non-hydrogen) atoms. The molecule has 3 unspecified atom stereocenters. The van der Waals surface area contributed by atoms with Crippen molar-refractivity contribution in [3.63, 3.8) is 0 Å². The largest absolute Gasteiger partial charge is 0.472 e. The summed E-state index contributed by atoms with van der Waals surface area (Å²) in [5.74, 6) is -0.186. The topological polar surface area (TPSA) is 105 Å². The monoisotopic (exact) mass is 988 g/mol. The highest BCUT2D eigenvalue weighted by atomic mass is 31.2. The smallest absolute Gasteiger partial charge is 0.387 e. The van der Waals surface area contributed by atoms with Gasteiger partial charge in [-0.2, -0.15) is 0 Å². The predicted octanol–water partition coefficient (Wildman–Crippen LogP) is 17.5. The van der Waals surface area contributed by atoms with Crippen molar-refractivity contribution >= 4 is 13.7 Å². The summed E-state index contributed by atoms with van der Waals surface area (Å²) in [5, 5.41) is 13.9. The normalized spacial score (nSPS) is 14.5. The van der Waals surface area contributed by atoms with Crippen LogP contribution in [0.1, 0.15) is 251 Å². The zero-order valence-corrected chi connectivity index (χ0v) is 46.7. The van der Waals surface area contributed by atoms with E-state index in [1.54, 1.807) is 6.08 Å². The maximum atomic E-state index is 13.0. The summed E-state index contributed by atoms with van der Waals surface area (Å²) < 4.78 is 23.7. The third-order valence-electron chi connectivity index (χ3n) is 12.7. The first-order valence-corrected chi connectivity index (χ1v) is 30.3. The number of unbranched alkanes of at least 4 members (excludes halogenated alkanes) is 29. The van der Waals surface area contributed by atoms with Crippen LogP contribution in [0, 0.1) is 0 Å². The van der Waals surface area contributed by atoms with E-state index in [0.29, 0.717) is 17.4 Å².